The van der Waals surface area contributed by atoms with E-state index < -0.39 is 5.60 Å². The van der Waals surface area contributed by atoms with Crippen molar-refractivity contribution in [2.24, 2.45) is 7.05 Å². The number of aromatic nitrogens is 6. The maximum absolute atomic E-state index is 12.4. The summed E-state index contributed by atoms with van der Waals surface area (Å²) in [6.45, 7) is 1.88. The van der Waals surface area contributed by atoms with Gasteiger partial charge in [-0.3, -0.25) is 4.98 Å². The molecule has 0 amide bonds. The number of benzene rings is 2. The summed E-state index contributed by atoms with van der Waals surface area (Å²) in [4.78, 5) is 13.3. The van der Waals surface area contributed by atoms with E-state index in [0.717, 1.165) is 16.9 Å². The van der Waals surface area contributed by atoms with Crippen molar-refractivity contribution in [1.29, 1.82) is 10.5 Å². The van der Waals surface area contributed by atoms with Gasteiger partial charge in [0.25, 0.3) is 0 Å². The average molecular weight is 537 g/mol. The molecular formula is C32H24N8O. The van der Waals surface area contributed by atoms with E-state index in [-0.39, 0.29) is 5.69 Å². The van der Waals surface area contributed by atoms with Crippen LogP contribution < -0.4 is 0 Å². The number of hydrogen-bond donors (Lipinski definition) is 1. The Morgan fingerprint density at radius 1 is 0.976 bits per heavy atom. The summed E-state index contributed by atoms with van der Waals surface area (Å²) in [7, 11) is 1.81. The normalized spacial score (nSPS) is 12.5. The lowest BCUT2D eigenvalue weighted by molar-refractivity contribution is 0.117. The van der Waals surface area contributed by atoms with Gasteiger partial charge in [0, 0.05) is 54.3 Å². The first kappa shape index (κ1) is 25.6. The van der Waals surface area contributed by atoms with Gasteiger partial charge in [0.15, 0.2) is 5.60 Å². The zero-order valence-corrected chi connectivity index (χ0v) is 22.4. The predicted octanol–water partition coefficient (Wildman–Crippen LogP) is 4.48. The van der Waals surface area contributed by atoms with E-state index in [4.69, 9.17) is 0 Å². The molecule has 198 valence electrons. The maximum atomic E-state index is 12.4. The minimum Gasteiger partial charge on any atom is -0.374 e. The molecule has 1 unspecified atom stereocenters. The van der Waals surface area contributed by atoms with E-state index in [9.17, 15) is 15.6 Å². The third-order valence-corrected chi connectivity index (χ3v) is 7.32. The molecule has 0 bridgehead atoms. The monoisotopic (exact) mass is 536 g/mol. The highest BCUT2D eigenvalue weighted by molar-refractivity contribution is 5.88. The summed E-state index contributed by atoms with van der Waals surface area (Å²) in [5.41, 5.74) is 4.23. The smallest absolute Gasteiger partial charge is 0.158 e. The van der Waals surface area contributed by atoms with E-state index in [1.807, 2.05) is 62.6 Å². The van der Waals surface area contributed by atoms with E-state index in [1.54, 1.807) is 52.4 Å². The number of rotatable bonds is 6. The van der Waals surface area contributed by atoms with Crippen molar-refractivity contribution in [2.45, 2.75) is 18.9 Å². The van der Waals surface area contributed by atoms with Gasteiger partial charge < -0.3 is 9.67 Å². The van der Waals surface area contributed by atoms with E-state index in [1.165, 1.54) is 0 Å². The first-order chi connectivity index (χ1) is 19.9. The molecule has 0 spiro atoms. The van der Waals surface area contributed by atoms with Crippen LogP contribution in [0.4, 0.5) is 0 Å². The van der Waals surface area contributed by atoms with Crippen LogP contribution in [0.2, 0.25) is 0 Å². The summed E-state index contributed by atoms with van der Waals surface area (Å²) in [5, 5.41) is 37.5. The number of nitrogens with zero attached hydrogens (tertiary/aromatic N) is 8. The molecule has 0 saturated carbocycles. The number of aliphatic hydroxyl groups is 1. The molecule has 4 aromatic heterocycles. The molecule has 9 nitrogen and oxygen atoms in total. The number of hydrogen-bond acceptors (Lipinski definition) is 7. The fraction of sp³-hybridized carbons (Fsp3) is 0.125. The van der Waals surface area contributed by atoms with Crippen LogP contribution >= 0.6 is 0 Å². The number of pyridine rings is 2. The van der Waals surface area contributed by atoms with E-state index >= 15 is 0 Å². The molecule has 0 radical (unpaired) electrons. The van der Waals surface area contributed by atoms with Crippen LogP contribution in [0.1, 0.15) is 44.9 Å². The summed E-state index contributed by atoms with van der Waals surface area (Å²) < 4.78 is 3.52. The SMILES string of the molecule is Cc1ccc(C(O)(c2ccc3nc(C#N)c(Cc4ccc(-n5cccn5)cc4)c(C#N)c3c2)c2cncn2C)cn1. The second kappa shape index (κ2) is 10.2. The minimum absolute atomic E-state index is 0.197. The van der Waals surface area contributed by atoms with Crippen molar-refractivity contribution < 1.29 is 5.11 Å². The molecular weight excluding hydrogens is 512 g/mol. The molecule has 1 atom stereocenters. The molecule has 4 heterocycles. The zero-order chi connectivity index (χ0) is 28.6. The summed E-state index contributed by atoms with van der Waals surface area (Å²) in [6.07, 6.45) is 8.80. The van der Waals surface area contributed by atoms with Crippen LogP contribution in [-0.2, 0) is 19.1 Å². The molecule has 1 N–H and O–H groups in total. The molecule has 6 rings (SSSR count). The highest BCUT2D eigenvalue weighted by Crippen LogP contribution is 2.38. The predicted molar refractivity (Wildman–Crippen MR) is 152 cm³/mol. The number of aryl methyl sites for hydroxylation is 2. The van der Waals surface area contributed by atoms with Crippen molar-refractivity contribution in [3.63, 3.8) is 0 Å². The first-order valence-corrected chi connectivity index (χ1v) is 12.9. The number of nitriles is 2. The van der Waals surface area contributed by atoms with Crippen molar-refractivity contribution >= 4 is 10.9 Å². The zero-order valence-electron chi connectivity index (χ0n) is 22.4. The standard InChI is InChI=1S/C32H24N8O/c1-21-4-7-24(18-36-21)32(41,31-19-35-20-39(31)2)23-8-11-29-27(15-23)28(16-33)26(30(17-34)38-29)14-22-5-9-25(10-6-22)40-13-3-12-37-40/h3-13,15,18-20,41H,14H2,1-2H3. The van der Waals surface area contributed by atoms with Crippen LogP contribution in [0.3, 0.4) is 0 Å². The summed E-state index contributed by atoms with van der Waals surface area (Å²) >= 11 is 0. The molecule has 0 aliphatic heterocycles. The lowest BCUT2D eigenvalue weighted by Crippen LogP contribution is -2.31. The van der Waals surface area contributed by atoms with Gasteiger partial charge in [-0.25, -0.2) is 14.6 Å². The van der Waals surface area contributed by atoms with Gasteiger partial charge in [-0.05, 0) is 54.4 Å². The Morgan fingerprint density at radius 3 is 2.41 bits per heavy atom. The van der Waals surface area contributed by atoms with Crippen molar-refractivity contribution in [2.75, 3.05) is 0 Å². The van der Waals surface area contributed by atoms with Gasteiger partial charge in [-0.15, -0.1) is 0 Å². The average Bonchev–Trinajstić information content (AvgIpc) is 3.69. The molecule has 0 fully saturated rings. The van der Waals surface area contributed by atoms with E-state index in [2.05, 4.69) is 32.2 Å². The Kier molecular flexibility index (Phi) is 6.35. The maximum Gasteiger partial charge on any atom is 0.158 e. The molecule has 9 heteroatoms. The summed E-state index contributed by atoms with van der Waals surface area (Å²) in [6, 6.07) is 23.1. The largest absolute Gasteiger partial charge is 0.374 e. The third kappa shape index (κ3) is 4.41. The van der Waals surface area contributed by atoms with Gasteiger partial charge in [0.1, 0.15) is 17.8 Å². The van der Waals surface area contributed by atoms with Crippen LogP contribution in [0.25, 0.3) is 16.6 Å². The molecule has 0 aliphatic carbocycles. The van der Waals surface area contributed by atoms with Gasteiger partial charge in [-0.1, -0.05) is 24.3 Å². The Balaban J connectivity index is 1.50. The highest BCUT2D eigenvalue weighted by Gasteiger charge is 2.37. The van der Waals surface area contributed by atoms with Gasteiger partial charge in [0.05, 0.1) is 35.0 Å². The van der Waals surface area contributed by atoms with Gasteiger partial charge >= 0.3 is 0 Å². The Morgan fingerprint density at radius 2 is 1.78 bits per heavy atom. The van der Waals surface area contributed by atoms with Crippen molar-refractivity contribution in [3.8, 4) is 17.8 Å². The van der Waals surface area contributed by atoms with Gasteiger partial charge in [-0.2, -0.15) is 15.6 Å². The van der Waals surface area contributed by atoms with Crippen LogP contribution in [0.15, 0.2) is 91.8 Å². The highest BCUT2D eigenvalue weighted by atomic mass is 16.3. The fourth-order valence-corrected chi connectivity index (χ4v) is 5.16. The quantitative estimate of drug-likeness (QED) is 0.332. The van der Waals surface area contributed by atoms with Crippen molar-refractivity contribution in [3.05, 3.63) is 137 Å². The molecule has 6 aromatic rings. The van der Waals surface area contributed by atoms with Crippen LogP contribution in [0.5, 0.6) is 0 Å². The Bertz CT molecular complexity index is 1960. The number of imidazole rings is 1. The lowest BCUT2D eigenvalue weighted by atomic mass is 9.83. The van der Waals surface area contributed by atoms with Crippen LogP contribution in [-0.4, -0.2) is 34.4 Å². The fourth-order valence-electron chi connectivity index (χ4n) is 5.16. The Labute approximate surface area is 236 Å². The summed E-state index contributed by atoms with van der Waals surface area (Å²) in [5.74, 6) is 0. The molecule has 0 aliphatic rings. The molecule has 2 aromatic carbocycles. The topological polar surface area (TPSA) is 129 Å². The second-order valence-electron chi connectivity index (χ2n) is 9.85. The molecule has 41 heavy (non-hydrogen) atoms. The second-order valence-corrected chi connectivity index (χ2v) is 9.85. The Hall–Kier alpha value is -5.64. The molecule has 0 saturated heterocycles. The minimum atomic E-state index is -1.61. The number of fused-ring (bicyclic) bond motifs is 1. The van der Waals surface area contributed by atoms with E-state index in [0.29, 0.717) is 45.3 Å². The van der Waals surface area contributed by atoms with Gasteiger partial charge in [0.2, 0.25) is 0 Å². The first-order valence-electron chi connectivity index (χ1n) is 12.9. The van der Waals surface area contributed by atoms with Crippen LogP contribution in [0, 0.1) is 29.6 Å². The lowest BCUT2D eigenvalue weighted by Gasteiger charge is -2.30. The van der Waals surface area contributed by atoms with Crippen molar-refractivity contribution in [1.82, 2.24) is 29.3 Å². The third-order valence-electron chi connectivity index (χ3n) is 7.32.